The third kappa shape index (κ3) is 2.33. The quantitative estimate of drug-likeness (QED) is 0.757. The Kier molecular flexibility index (Phi) is 3.29. The van der Waals surface area contributed by atoms with Gasteiger partial charge in [0.1, 0.15) is 0 Å². The third-order valence-electron chi connectivity index (χ3n) is 3.72. The van der Waals surface area contributed by atoms with E-state index in [-0.39, 0.29) is 5.92 Å². The molecule has 3 heteroatoms. The molecule has 3 nitrogen and oxygen atoms in total. The molecule has 0 spiro atoms. The fourth-order valence-corrected chi connectivity index (χ4v) is 2.91. The van der Waals surface area contributed by atoms with Crippen LogP contribution in [0, 0.1) is 5.92 Å². The molecule has 2 atom stereocenters. The first-order valence-corrected chi connectivity index (χ1v) is 6.22. The van der Waals surface area contributed by atoms with Crippen molar-refractivity contribution >= 4 is 5.97 Å². The molecular formula is C12H21NO2. The molecule has 2 saturated carbocycles. The van der Waals surface area contributed by atoms with Crippen molar-refractivity contribution in [2.24, 2.45) is 5.92 Å². The van der Waals surface area contributed by atoms with Gasteiger partial charge >= 0.3 is 5.97 Å². The molecule has 0 aromatic heterocycles. The minimum atomic E-state index is -0.584. The van der Waals surface area contributed by atoms with Gasteiger partial charge in [-0.25, -0.2) is 0 Å². The van der Waals surface area contributed by atoms with E-state index < -0.39 is 5.97 Å². The third-order valence-corrected chi connectivity index (χ3v) is 3.72. The van der Waals surface area contributed by atoms with Crippen molar-refractivity contribution in [3.63, 3.8) is 0 Å². The summed E-state index contributed by atoms with van der Waals surface area (Å²) >= 11 is 0. The van der Waals surface area contributed by atoms with Gasteiger partial charge in [-0.3, -0.25) is 9.69 Å². The Hall–Kier alpha value is -0.570. The Balaban J connectivity index is 2.01. The van der Waals surface area contributed by atoms with Crippen LogP contribution in [0.3, 0.4) is 0 Å². The first kappa shape index (κ1) is 10.9. The van der Waals surface area contributed by atoms with Crippen LogP contribution in [0.4, 0.5) is 0 Å². The van der Waals surface area contributed by atoms with E-state index in [0.717, 1.165) is 32.2 Å². The molecule has 2 aliphatic rings. The summed E-state index contributed by atoms with van der Waals surface area (Å²) in [6.07, 6.45) is 6.76. The van der Waals surface area contributed by atoms with Crippen LogP contribution in [0.1, 0.15) is 45.4 Å². The maximum atomic E-state index is 11.1. The monoisotopic (exact) mass is 211 g/mol. The topological polar surface area (TPSA) is 40.5 Å². The van der Waals surface area contributed by atoms with Crippen LogP contribution >= 0.6 is 0 Å². The van der Waals surface area contributed by atoms with E-state index in [4.69, 9.17) is 0 Å². The maximum absolute atomic E-state index is 11.1. The Morgan fingerprint density at radius 3 is 2.60 bits per heavy atom. The largest absolute Gasteiger partial charge is 0.481 e. The molecule has 2 unspecified atom stereocenters. The van der Waals surface area contributed by atoms with Gasteiger partial charge in [0.05, 0.1) is 5.92 Å². The smallest absolute Gasteiger partial charge is 0.308 e. The number of nitrogens with zero attached hydrogens (tertiary/aromatic N) is 1. The summed E-state index contributed by atoms with van der Waals surface area (Å²) in [5.74, 6) is -0.684. The van der Waals surface area contributed by atoms with Crippen LogP contribution in [0.2, 0.25) is 0 Å². The molecule has 0 aliphatic heterocycles. The van der Waals surface area contributed by atoms with Crippen LogP contribution in [-0.2, 0) is 4.79 Å². The zero-order chi connectivity index (χ0) is 10.8. The van der Waals surface area contributed by atoms with Crippen LogP contribution < -0.4 is 0 Å². The SMILES string of the molecule is CCCN(C1CC1)C1CCCC1C(=O)O. The molecule has 1 N–H and O–H groups in total. The molecular weight excluding hydrogens is 190 g/mol. The number of hydrogen-bond acceptors (Lipinski definition) is 2. The van der Waals surface area contributed by atoms with Gasteiger partial charge in [0.25, 0.3) is 0 Å². The number of carboxylic acids is 1. The summed E-state index contributed by atoms with van der Waals surface area (Å²) in [7, 11) is 0. The van der Waals surface area contributed by atoms with Gasteiger partial charge in [-0.05, 0) is 38.6 Å². The summed E-state index contributed by atoms with van der Waals surface area (Å²) in [6.45, 7) is 3.26. The minimum Gasteiger partial charge on any atom is -0.481 e. The summed E-state index contributed by atoms with van der Waals surface area (Å²) in [6, 6.07) is 1.03. The van der Waals surface area contributed by atoms with Crippen molar-refractivity contribution in [3.05, 3.63) is 0 Å². The van der Waals surface area contributed by atoms with Crippen LogP contribution in [0.5, 0.6) is 0 Å². The lowest BCUT2D eigenvalue weighted by atomic mass is 10.0. The van der Waals surface area contributed by atoms with Gasteiger partial charge in [-0.1, -0.05) is 13.3 Å². The predicted molar refractivity (Wildman–Crippen MR) is 58.8 cm³/mol. The second kappa shape index (κ2) is 4.52. The summed E-state index contributed by atoms with van der Waals surface area (Å²) in [5.41, 5.74) is 0. The number of hydrogen-bond donors (Lipinski definition) is 1. The molecule has 2 rings (SSSR count). The molecule has 0 saturated heterocycles. The zero-order valence-corrected chi connectivity index (χ0v) is 9.48. The standard InChI is InChI=1S/C12H21NO2/c1-2-8-13(9-6-7-9)11-5-3-4-10(11)12(14)15/h9-11H,2-8H2,1H3,(H,14,15). The highest BCUT2D eigenvalue weighted by molar-refractivity contribution is 5.71. The highest BCUT2D eigenvalue weighted by Gasteiger charge is 2.41. The maximum Gasteiger partial charge on any atom is 0.308 e. The van der Waals surface area contributed by atoms with Crippen molar-refractivity contribution < 1.29 is 9.90 Å². The molecule has 0 radical (unpaired) electrons. The van der Waals surface area contributed by atoms with E-state index in [1.54, 1.807) is 0 Å². The van der Waals surface area contributed by atoms with E-state index >= 15 is 0 Å². The first-order chi connectivity index (χ1) is 7.24. The zero-order valence-electron chi connectivity index (χ0n) is 9.48. The Bertz CT molecular complexity index is 238. The average molecular weight is 211 g/mol. The van der Waals surface area contributed by atoms with Gasteiger partial charge in [0.15, 0.2) is 0 Å². The summed E-state index contributed by atoms with van der Waals surface area (Å²) in [5, 5.41) is 9.18. The van der Waals surface area contributed by atoms with Crippen LogP contribution in [0.25, 0.3) is 0 Å². The molecule has 86 valence electrons. The van der Waals surface area contributed by atoms with E-state index in [0.29, 0.717) is 12.1 Å². The van der Waals surface area contributed by atoms with Crippen molar-refractivity contribution in [1.82, 2.24) is 4.90 Å². The number of rotatable bonds is 5. The fraction of sp³-hybridized carbons (Fsp3) is 0.917. The average Bonchev–Trinajstić information content (AvgIpc) is 2.91. The number of aliphatic carboxylic acids is 1. The van der Waals surface area contributed by atoms with Crippen molar-refractivity contribution in [2.75, 3.05) is 6.54 Å². The van der Waals surface area contributed by atoms with Gasteiger partial charge in [0, 0.05) is 12.1 Å². The van der Waals surface area contributed by atoms with Crippen LogP contribution in [0.15, 0.2) is 0 Å². The lowest BCUT2D eigenvalue weighted by Gasteiger charge is -2.31. The normalized spacial score (nSPS) is 31.1. The Labute approximate surface area is 91.5 Å². The Morgan fingerprint density at radius 1 is 1.33 bits per heavy atom. The molecule has 0 bridgehead atoms. The second-order valence-corrected chi connectivity index (χ2v) is 4.91. The lowest BCUT2D eigenvalue weighted by Crippen LogP contribution is -2.42. The van der Waals surface area contributed by atoms with Crippen molar-refractivity contribution in [1.29, 1.82) is 0 Å². The van der Waals surface area contributed by atoms with Gasteiger partial charge < -0.3 is 5.11 Å². The minimum absolute atomic E-state index is 0.0999. The van der Waals surface area contributed by atoms with E-state index in [2.05, 4.69) is 11.8 Å². The lowest BCUT2D eigenvalue weighted by molar-refractivity contribution is -0.143. The molecule has 0 amide bonds. The Morgan fingerprint density at radius 2 is 2.07 bits per heavy atom. The molecule has 0 aromatic rings. The molecule has 2 aliphatic carbocycles. The van der Waals surface area contributed by atoms with Gasteiger partial charge in [-0.15, -0.1) is 0 Å². The van der Waals surface area contributed by atoms with Gasteiger partial charge in [0.2, 0.25) is 0 Å². The van der Waals surface area contributed by atoms with Crippen LogP contribution in [-0.4, -0.2) is 34.6 Å². The first-order valence-electron chi connectivity index (χ1n) is 6.22. The number of carboxylic acid groups (broad SMARTS) is 1. The molecule has 15 heavy (non-hydrogen) atoms. The van der Waals surface area contributed by atoms with Crippen molar-refractivity contribution in [3.8, 4) is 0 Å². The highest BCUT2D eigenvalue weighted by Crippen LogP contribution is 2.37. The molecule has 0 aromatic carbocycles. The van der Waals surface area contributed by atoms with Gasteiger partial charge in [-0.2, -0.15) is 0 Å². The van der Waals surface area contributed by atoms with E-state index in [9.17, 15) is 9.90 Å². The van der Waals surface area contributed by atoms with E-state index in [1.165, 1.54) is 12.8 Å². The second-order valence-electron chi connectivity index (χ2n) is 4.91. The fourth-order valence-electron chi connectivity index (χ4n) is 2.91. The summed E-state index contributed by atoms with van der Waals surface area (Å²) in [4.78, 5) is 13.6. The predicted octanol–water partition coefficient (Wildman–Crippen LogP) is 2.11. The molecule has 2 fully saturated rings. The summed E-state index contributed by atoms with van der Waals surface area (Å²) < 4.78 is 0. The number of carbonyl (C=O) groups is 1. The van der Waals surface area contributed by atoms with E-state index in [1.807, 2.05) is 0 Å². The van der Waals surface area contributed by atoms with Crippen molar-refractivity contribution in [2.45, 2.75) is 57.5 Å². The highest BCUT2D eigenvalue weighted by atomic mass is 16.4. The molecule has 0 heterocycles.